The fourth-order valence-electron chi connectivity index (χ4n) is 4.88. The van der Waals surface area contributed by atoms with Crippen LogP contribution in [-0.2, 0) is 13.1 Å². The molecule has 8 heteroatoms. The molecule has 2 aromatic rings. The SMILES string of the molecule is CN=C(NCc1ccccc1CN(C)C1CCCCC1)N1CCN(c2ncccn2)CC1.I. The number of hydrogen-bond donors (Lipinski definition) is 1. The Balaban J connectivity index is 0.00000306. The van der Waals surface area contributed by atoms with E-state index in [1.54, 1.807) is 12.4 Å². The van der Waals surface area contributed by atoms with Crippen LogP contribution in [0, 0.1) is 0 Å². The summed E-state index contributed by atoms with van der Waals surface area (Å²) in [4.78, 5) is 20.4. The number of hydrogen-bond acceptors (Lipinski definition) is 5. The number of halogens is 1. The molecule has 0 unspecified atom stereocenters. The lowest BCUT2D eigenvalue weighted by Crippen LogP contribution is -2.52. The zero-order valence-corrected chi connectivity index (χ0v) is 22.3. The first-order chi connectivity index (χ1) is 15.7. The molecule has 4 rings (SSSR count). The Morgan fingerprint density at radius 2 is 1.67 bits per heavy atom. The lowest BCUT2D eigenvalue weighted by molar-refractivity contribution is 0.184. The Morgan fingerprint density at radius 3 is 2.33 bits per heavy atom. The molecule has 1 aliphatic carbocycles. The molecular weight excluding hydrogens is 525 g/mol. The highest BCUT2D eigenvalue weighted by molar-refractivity contribution is 14.0. The lowest BCUT2D eigenvalue weighted by atomic mass is 9.94. The number of piperazine rings is 1. The number of rotatable bonds is 6. The average molecular weight is 564 g/mol. The molecule has 1 N–H and O–H groups in total. The van der Waals surface area contributed by atoms with Gasteiger partial charge in [0.05, 0.1) is 0 Å². The summed E-state index contributed by atoms with van der Waals surface area (Å²) in [5, 5.41) is 3.61. The molecule has 0 radical (unpaired) electrons. The van der Waals surface area contributed by atoms with Crippen molar-refractivity contribution in [2.24, 2.45) is 4.99 Å². The number of nitrogens with zero attached hydrogens (tertiary/aromatic N) is 6. The fraction of sp³-hybridized carbons (Fsp3) is 0.560. The summed E-state index contributed by atoms with van der Waals surface area (Å²) in [6.07, 6.45) is 10.4. The Kier molecular flexibility index (Phi) is 10.2. The predicted molar refractivity (Wildman–Crippen MR) is 146 cm³/mol. The van der Waals surface area contributed by atoms with Crippen molar-refractivity contribution in [3.8, 4) is 0 Å². The van der Waals surface area contributed by atoms with Crippen molar-refractivity contribution in [1.29, 1.82) is 0 Å². The van der Waals surface area contributed by atoms with E-state index in [0.717, 1.165) is 57.2 Å². The normalized spacial score (nSPS) is 17.7. The van der Waals surface area contributed by atoms with Crippen LogP contribution in [-0.4, -0.2) is 72.0 Å². The minimum absolute atomic E-state index is 0. The zero-order chi connectivity index (χ0) is 22.2. The van der Waals surface area contributed by atoms with Crippen molar-refractivity contribution in [2.75, 3.05) is 45.2 Å². The summed E-state index contributed by atoms with van der Waals surface area (Å²) >= 11 is 0. The highest BCUT2D eigenvalue weighted by Gasteiger charge is 2.22. The molecule has 0 bridgehead atoms. The van der Waals surface area contributed by atoms with Gasteiger partial charge >= 0.3 is 0 Å². The minimum atomic E-state index is 0. The van der Waals surface area contributed by atoms with E-state index < -0.39 is 0 Å². The molecule has 2 aliphatic rings. The van der Waals surface area contributed by atoms with Crippen LogP contribution in [0.3, 0.4) is 0 Å². The van der Waals surface area contributed by atoms with E-state index in [1.165, 1.54) is 43.2 Å². The first-order valence-corrected chi connectivity index (χ1v) is 12.0. The summed E-state index contributed by atoms with van der Waals surface area (Å²) < 4.78 is 0. The van der Waals surface area contributed by atoms with Crippen LogP contribution in [0.15, 0.2) is 47.7 Å². The molecule has 2 heterocycles. The lowest BCUT2D eigenvalue weighted by Gasteiger charge is -2.36. The molecule has 1 saturated heterocycles. The number of benzene rings is 1. The summed E-state index contributed by atoms with van der Waals surface area (Å²) in [7, 11) is 4.16. The first kappa shape index (κ1) is 25.7. The number of anilines is 1. The van der Waals surface area contributed by atoms with Gasteiger partial charge in [-0.05, 0) is 37.1 Å². The van der Waals surface area contributed by atoms with Crippen molar-refractivity contribution in [2.45, 2.75) is 51.2 Å². The maximum Gasteiger partial charge on any atom is 0.225 e. The van der Waals surface area contributed by atoms with E-state index in [9.17, 15) is 0 Å². The highest BCUT2D eigenvalue weighted by atomic mass is 127. The van der Waals surface area contributed by atoms with Crippen molar-refractivity contribution >= 4 is 35.9 Å². The van der Waals surface area contributed by atoms with E-state index in [0.29, 0.717) is 0 Å². The number of nitrogens with one attached hydrogen (secondary N) is 1. The summed E-state index contributed by atoms with van der Waals surface area (Å²) in [5.74, 6) is 1.78. The zero-order valence-electron chi connectivity index (χ0n) is 20.0. The third-order valence-electron chi connectivity index (χ3n) is 6.80. The topological polar surface area (TPSA) is 59.9 Å². The number of guanidine groups is 1. The van der Waals surface area contributed by atoms with E-state index >= 15 is 0 Å². The standard InChI is InChI=1S/C25H37N7.HI/c1-26-24(31-15-17-32(18-16-31)25-27-13-8-14-28-25)29-19-21-9-6-7-10-22(21)20-30(2)23-11-4-3-5-12-23;/h6-10,13-14,23H,3-5,11-12,15-20H2,1-2H3,(H,26,29);1H. The van der Waals surface area contributed by atoms with Crippen LogP contribution in [0.2, 0.25) is 0 Å². The summed E-state index contributed by atoms with van der Waals surface area (Å²) in [6.45, 7) is 5.41. The van der Waals surface area contributed by atoms with Gasteiger partial charge in [-0.2, -0.15) is 0 Å². The van der Waals surface area contributed by atoms with Crippen LogP contribution >= 0.6 is 24.0 Å². The third-order valence-corrected chi connectivity index (χ3v) is 6.80. The Labute approximate surface area is 215 Å². The second-order valence-electron chi connectivity index (χ2n) is 8.90. The van der Waals surface area contributed by atoms with E-state index in [4.69, 9.17) is 0 Å². The van der Waals surface area contributed by atoms with E-state index in [2.05, 4.69) is 66.3 Å². The molecule has 33 heavy (non-hydrogen) atoms. The molecule has 0 spiro atoms. The van der Waals surface area contributed by atoms with Crippen LogP contribution in [0.5, 0.6) is 0 Å². The van der Waals surface area contributed by atoms with Crippen LogP contribution < -0.4 is 10.2 Å². The van der Waals surface area contributed by atoms with Crippen molar-refractivity contribution in [3.05, 3.63) is 53.9 Å². The van der Waals surface area contributed by atoms with Crippen molar-refractivity contribution in [1.82, 2.24) is 25.1 Å². The molecule has 2 fully saturated rings. The molecule has 1 aliphatic heterocycles. The van der Waals surface area contributed by atoms with Gasteiger partial charge in [0.15, 0.2) is 5.96 Å². The molecule has 1 aromatic heterocycles. The molecule has 180 valence electrons. The van der Waals surface area contributed by atoms with Gasteiger partial charge in [-0.3, -0.25) is 9.89 Å². The second kappa shape index (κ2) is 13.1. The van der Waals surface area contributed by atoms with Crippen LogP contribution in [0.25, 0.3) is 0 Å². The summed E-state index contributed by atoms with van der Waals surface area (Å²) in [6, 6.07) is 11.4. The van der Waals surface area contributed by atoms with Gasteiger partial charge in [-0.25, -0.2) is 9.97 Å². The quantitative estimate of drug-likeness (QED) is 0.328. The molecule has 1 saturated carbocycles. The highest BCUT2D eigenvalue weighted by Crippen LogP contribution is 2.23. The third kappa shape index (κ3) is 7.02. The van der Waals surface area contributed by atoms with E-state index in [-0.39, 0.29) is 24.0 Å². The maximum absolute atomic E-state index is 4.56. The molecule has 7 nitrogen and oxygen atoms in total. The monoisotopic (exact) mass is 563 g/mol. The first-order valence-electron chi connectivity index (χ1n) is 12.0. The smallest absolute Gasteiger partial charge is 0.225 e. The Hall–Kier alpha value is -1.94. The fourth-order valence-corrected chi connectivity index (χ4v) is 4.88. The molecule has 0 atom stereocenters. The van der Waals surface area contributed by atoms with Gasteiger partial charge in [0, 0.05) is 64.8 Å². The molecule has 1 aromatic carbocycles. The van der Waals surface area contributed by atoms with Gasteiger partial charge in [0.25, 0.3) is 0 Å². The van der Waals surface area contributed by atoms with Crippen molar-refractivity contribution in [3.63, 3.8) is 0 Å². The average Bonchev–Trinajstić information content (AvgIpc) is 2.87. The summed E-state index contributed by atoms with van der Waals surface area (Å²) in [5.41, 5.74) is 2.77. The van der Waals surface area contributed by atoms with Gasteiger partial charge in [0.1, 0.15) is 0 Å². The van der Waals surface area contributed by atoms with Crippen molar-refractivity contribution < 1.29 is 0 Å². The van der Waals surface area contributed by atoms with Gasteiger partial charge < -0.3 is 15.1 Å². The predicted octanol–water partition coefficient (Wildman–Crippen LogP) is 3.76. The largest absolute Gasteiger partial charge is 0.352 e. The van der Waals surface area contributed by atoms with Gasteiger partial charge in [-0.15, -0.1) is 24.0 Å². The molecule has 0 amide bonds. The number of aliphatic imine (C=N–C) groups is 1. The van der Waals surface area contributed by atoms with Gasteiger partial charge in [-0.1, -0.05) is 43.5 Å². The van der Waals surface area contributed by atoms with Crippen LogP contribution in [0.1, 0.15) is 43.2 Å². The Morgan fingerprint density at radius 1 is 1.00 bits per heavy atom. The minimum Gasteiger partial charge on any atom is -0.352 e. The molecular formula is C25H38IN7. The number of aromatic nitrogens is 2. The van der Waals surface area contributed by atoms with Gasteiger partial charge in [0.2, 0.25) is 5.95 Å². The second-order valence-corrected chi connectivity index (χ2v) is 8.90. The van der Waals surface area contributed by atoms with E-state index in [1.807, 2.05) is 13.1 Å². The van der Waals surface area contributed by atoms with Crippen LogP contribution in [0.4, 0.5) is 5.95 Å². The maximum atomic E-state index is 4.56. The Bertz CT molecular complexity index is 862.